The predicted molar refractivity (Wildman–Crippen MR) is 94.1 cm³/mol. The van der Waals surface area contributed by atoms with E-state index in [1.807, 2.05) is 13.8 Å². The smallest absolute Gasteiger partial charge is 0.257 e. The standard InChI is InChI=1S/C18H18N4O2/c1-10(2)16(23)12-5-8-14-15(9-12)21-18(20-14)22-17(24)11-3-6-13(19)7-4-11/h3-10H,19H2,1-2H3,(H2,20,21,22,24). The zero-order valence-corrected chi connectivity index (χ0v) is 13.5. The highest BCUT2D eigenvalue weighted by Crippen LogP contribution is 2.19. The summed E-state index contributed by atoms with van der Waals surface area (Å²) < 4.78 is 0. The van der Waals surface area contributed by atoms with Crippen molar-refractivity contribution in [2.75, 3.05) is 11.1 Å². The highest BCUT2D eigenvalue weighted by atomic mass is 16.1. The molecule has 0 saturated heterocycles. The monoisotopic (exact) mass is 322 g/mol. The van der Waals surface area contributed by atoms with Crippen LogP contribution in [0.1, 0.15) is 34.6 Å². The average molecular weight is 322 g/mol. The van der Waals surface area contributed by atoms with Crippen LogP contribution in [-0.2, 0) is 0 Å². The molecule has 1 heterocycles. The predicted octanol–water partition coefficient (Wildman–Crippen LogP) is 3.24. The molecular weight excluding hydrogens is 304 g/mol. The number of carbonyl (C=O) groups is 2. The third-order valence-electron chi connectivity index (χ3n) is 3.70. The number of amides is 1. The Kier molecular flexibility index (Phi) is 4.04. The number of nitrogens with zero attached hydrogens (tertiary/aromatic N) is 1. The fraction of sp³-hybridized carbons (Fsp3) is 0.167. The average Bonchev–Trinajstić information content (AvgIpc) is 2.95. The van der Waals surface area contributed by atoms with E-state index in [1.54, 1.807) is 42.5 Å². The number of hydrogen-bond acceptors (Lipinski definition) is 4. The number of aromatic amines is 1. The minimum absolute atomic E-state index is 0.0685. The molecule has 0 atom stereocenters. The molecular formula is C18H18N4O2. The van der Waals surface area contributed by atoms with E-state index in [1.165, 1.54) is 0 Å². The lowest BCUT2D eigenvalue weighted by atomic mass is 10.0. The molecule has 3 rings (SSSR count). The lowest BCUT2D eigenvalue weighted by Gasteiger charge is -2.03. The first-order valence-electron chi connectivity index (χ1n) is 7.65. The molecule has 0 radical (unpaired) electrons. The van der Waals surface area contributed by atoms with Crippen molar-refractivity contribution in [1.82, 2.24) is 9.97 Å². The topological polar surface area (TPSA) is 101 Å². The summed E-state index contributed by atoms with van der Waals surface area (Å²) in [6, 6.07) is 11.9. The summed E-state index contributed by atoms with van der Waals surface area (Å²) >= 11 is 0. The van der Waals surface area contributed by atoms with E-state index in [0.717, 1.165) is 0 Å². The van der Waals surface area contributed by atoms with E-state index < -0.39 is 0 Å². The van der Waals surface area contributed by atoms with Gasteiger partial charge in [0.2, 0.25) is 5.95 Å². The van der Waals surface area contributed by atoms with E-state index in [-0.39, 0.29) is 17.6 Å². The quantitative estimate of drug-likeness (QED) is 0.507. The number of benzene rings is 2. The van der Waals surface area contributed by atoms with Crippen molar-refractivity contribution in [3.05, 3.63) is 53.6 Å². The summed E-state index contributed by atoms with van der Waals surface area (Å²) in [7, 11) is 0. The number of ketones is 1. The lowest BCUT2D eigenvalue weighted by molar-refractivity contribution is 0.0939. The van der Waals surface area contributed by atoms with Crippen molar-refractivity contribution in [2.24, 2.45) is 5.92 Å². The maximum absolute atomic E-state index is 12.2. The second kappa shape index (κ2) is 6.16. The van der Waals surface area contributed by atoms with Crippen LogP contribution >= 0.6 is 0 Å². The van der Waals surface area contributed by atoms with Crippen molar-refractivity contribution >= 4 is 34.4 Å². The SMILES string of the molecule is CC(C)C(=O)c1ccc2nc(NC(=O)c3ccc(N)cc3)[nH]c2c1. The number of H-pyrrole nitrogens is 1. The van der Waals surface area contributed by atoms with Crippen molar-refractivity contribution < 1.29 is 9.59 Å². The van der Waals surface area contributed by atoms with Gasteiger partial charge in [0.25, 0.3) is 5.91 Å². The van der Waals surface area contributed by atoms with Gasteiger partial charge in [0.05, 0.1) is 11.0 Å². The number of Topliss-reactive ketones (excluding diaryl/α,β-unsaturated/α-hetero) is 1. The fourth-order valence-corrected chi connectivity index (χ4v) is 2.37. The molecule has 122 valence electrons. The van der Waals surface area contributed by atoms with Gasteiger partial charge >= 0.3 is 0 Å². The van der Waals surface area contributed by atoms with Gasteiger partial charge in [-0.3, -0.25) is 14.9 Å². The van der Waals surface area contributed by atoms with Crippen LogP contribution in [0.2, 0.25) is 0 Å². The van der Waals surface area contributed by atoms with Crippen LogP contribution in [0, 0.1) is 5.92 Å². The molecule has 0 aliphatic rings. The van der Waals surface area contributed by atoms with Crippen LogP contribution in [0.15, 0.2) is 42.5 Å². The Hall–Kier alpha value is -3.15. The summed E-state index contributed by atoms with van der Waals surface area (Å²) in [4.78, 5) is 31.6. The van der Waals surface area contributed by atoms with Crippen LogP contribution < -0.4 is 11.1 Å². The molecule has 0 aliphatic carbocycles. The van der Waals surface area contributed by atoms with Gasteiger partial charge in [-0.05, 0) is 42.5 Å². The molecule has 1 aromatic heterocycles. The Bertz CT molecular complexity index is 910. The van der Waals surface area contributed by atoms with Crippen LogP contribution in [0.3, 0.4) is 0 Å². The van der Waals surface area contributed by atoms with Crippen LogP contribution in [0.4, 0.5) is 11.6 Å². The molecule has 4 N–H and O–H groups in total. The molecule has 3 aromatic rings. The van der Waals surface area contributed by atoms with E-state index >= 15 is 0 Å². The molecule has 6 nitrogen and oxygen atoms in total. The van der Waals surface area contributed by atoms with Gasteiger partial charge in [0.1, 0.15) is 0 Å². The van der Waals surface area contributed by atoms with Crippen LogP contribution in [-0.4, -0.2) is 21.7 Å². The largest absolute Gasteiger partial charge is 0.399 e. The van der Waals surface area contributed by atoms with Gasteiger partial charge in [0.15, 0.2) is 5.78 Å². The second-order valence-electron chi connectivity index (χ2n) is 5.91. The Morgan fingerprint density at radius 2 is 1.75 bits per heavy atom. The second-order valence-corrected chi connectivity index (χ2v) is 5.91. The molecule has 6 heteroatoms. The highest BCUT2D eigenvalue weighted by Gasteiger charge is 2.13. The van der Waals surface area contributed by atoms with E-state index in [4.69, 9.17) is 5.73 Å². The third-order valence-corrected chi connectivity index (χ3v) is 3.70. The number of rotatable bonds is 4. The summed E-state index contributed by atoms with van der Waals surface area (Å²) in [5, 5.41) is 2.71. The van der Waals surface area contributed by atoms with Crippen LogP contribution in [0.5, 0.6) is 0 Å². The molecule has 24 heavy (non-hydrogen) atoms. The zero-order valence-electron chi connectivity index (χ0n) is 13.5. The summed E-state index contributed by atoms with van der Waals surface area (Å²) in [6.45, 7) is 3.72. The Balaban J connectivity index is 1.84. The van der Waals surface area contributed by atoms with Gasteiger partial charge in [-0.2, -0.15) is 0 Å². The Labute approximate surface area is 139 Å². The van der Waals surface area contributed by atoms with Crippen molar-refractivity contribution in [1.29, 1.82) is 0 Å². The number of anilines is 2. The molecule has 1 amide bonds. The Morgan fingerprint density at radius 1 is 1.08 bits per heavy atom. The molecule has 0 aliphatic heterocycles. The number of fused-ring (bicyclic) bond motifs is 1. The Morgan fingerprint density at radius 3 is 2.42 bits per heavy atom. The van der Waals surface area contributed by atoms with Gasteiger partial charge < -0.3 is 10.7 Å². The number of aromatic nitrogens is 2. The first-order valence-corrected chi connectivity index (χ1v) is 7.65. The molecule has 0 bridgehead atoms. The van der Waals surface area contributed by atoms with Crippen molar-refractivity contribution in [2.45, 2.75) is 13.8 Å². The number of nitrogens with two attached hydrogens (primary N) is 1. The zero-order chi connectivity index (χ0) is 17.3. The first-order chi connectivity index (χ1) is 11.4. The van der Waals surface area contributed by atoms with Gasteiger partial charge in [0, 0.05) is 22.7 Å². The highest BCUT2D eigenvalue weighted by molar-refractivity contribution is 6.04. The number of hydrogen-bond donors (Lipinski definition) is 3. The van der Waals surface area contributed by atoms with E-state index in [2.05, 4.69) is 15.3 Å². The van der Waals surface area contributed by atoms with Gasteiger partial charge in [-0.25, -0.2) is 4.98 Å². The molecule has 0 unspecified atom stereocenters. The van der Waals surface area contributed by atoms with Crippen LogP contribution in [0.25, 0.3) is 11.0 Å². The maximum atomic E-state index is 12.2. The molecule has 2 aromatic carbocycles. The summed E-state index contributed by atoms with van der Waals surface area (Å²) in [6.07, 6.45) is 0. The first kappa shape index (κ1) is 15.7. The third kappa shape index (κ3) is 3.12. The van der Waals surface area contributed by atoms with Gasteiger partial charge in [-0.15, -0.1) is 0 Å². The lowest BCUT2D eigenvalue weighted by Crippen LogP contribution is -2.12. The number of carbonyl (C=O) groups excluding carboxylic acids is 2. The van der Waals surface area contributed by atoms with Gasteiger partial charge in [-0.1, -0.05) is 13.8 Å². The van der Waals surface area contributed by atoms with Crippen molar-refractivity contribution in [3.63, 3.8) is 0 Å². The number of imidazole rings is 1. The summed E-state index contributed by atoms with van der Waals surface area (Å²) in [5.74, 6) is 0.0440. The normalized spacial score (nSPS) is 11.0. The number of nitrogens with one attached hydrogen (secondary N) is 2. The van der Waals surface area contributed by atoms with E-state index in [0.29, 0.717) is 33.8 Å². The van der Waals surface area contributed by atoms with E-state index in [9.17, 15) is 9.59 Å². The van der Waals surface area contributed by atoms with Crippen molar-refractivity contribution in [3.8, 4) is 0 Å². The number of nitrogen functional groups attached to an aromatic ring is 1. The summed E-state index contributed by atoms with van der Waals surface area (Å²) in [5.41, 5.74) is 8.70. The molecule has 0 spiro atoms. The minimum Gasteiger partial charge on any atom is -0.399 e. The maximum Gasteiger partial charge on any atom is 0.257 e. The molecule has 0 fully saturated rings. The minimum atomic E-state index is -0.285. The fourth-order valence-electron chi connectivity index (χ4n) is 2.37. The molecule has 0 saturated carbocycles.